The Kier molecular flexibility index (Phi) is 3.88. The standard InChI is InChI=1S/C9H13N3O/c1-3-4-10-7-11-5-9-6-12-13-8(9)2/h4,6-7H,3,5H2,1-2H3/b10-4-,11-7-. The van der Waals surface area contributed by atoms with Crippen LogP contribution in [0, 0.1) is 6.92 Å². The van der Waals surface area contributed by atoms with E-state index < -0.39 is 0 Å². The predicted octanol–water partition coefficient (Wildman–Crippen LogP) is 1.99. The molecule has 0 saturated carbocycles. The van der Waals surface area contributed by atoms with E-state index in [2.05, 4.69) is 15.1 Å². The molecule has 0 amide bonds. The average Bonchev–Trinajstić information content (AvgIpc) is 2.52. The highest BCUT2D eigenvalue weighted by Gasteiger charge is 1.99. The first-order chi connectivity index (χ1) is 6.34. The van der Waals surface area contributed by atoms with Gasteiger partial charge < -0.3 is 4.52 Å². The van der Waals surface area contributed by atoms with Crippen molar-refractivity contribution in [2.75, 3.05) is 0 Å². The summed E-state index contributed by atoms with van der Waals surface area (Å²) in [7, 11) is 0. The molecule has 0 aliphatic carbocycles. The molecule has 1 rings (SSSR count). The minimum absolute atomic E-state index is 0.580. The van der Waals surface area contributed by atoms with Gasteiger partial charge in [0.1, 0.15) is 12.1 Å². The molecule has 13 heavy (non-hydrogen) atoms. The van der Waals surface area contributed by atoms with E-state index in [4.69, 9.17) is 4.52 Å². The highest BCUT2D eigenvalue weighted by atomic mass is 16.5. The number of aryl methyl sites for hydroxylation is 1. The van der Waals surface area contributed by atoms with E-state index in [1.54, 1.807) is 12.5 Å². The first-order valence-corrected chi connectivity index (χ1v) is 4.24. The van der Waals surface area contributed by atoms with E-state index in [1.807, 2.05) is 20.1 Å². The van der Waals surface area contributed by atoms with Crippen LogP contribution < -0.4 is 0 Å². The summed E-state index contributed by atoms with van der Waals surface area (Å²) in [6.45, 7) is 4.48. The van der Waals surface area contributed by atoms with Crippen LogP contribution in [0.4, 0.5) is 0 Å². The molecule has 1 heterocycles. The maximum Gasteiger partial charge on any atom is 0.138 e. The highest BCUT2D eigenvalue weighted by Crippen LogP contribution is 2.06. The van der Waals surface area contributed by atoms with Crippen molar-refractivity contribution >= 4 is 12.6 Å². The Morgan fingerprint density at radius 3 is 3.08 bits per heavy atom. The van der Waals surface area contributed by atoms with Gasteiger partial charge in [0.15, 0.2) is 0 Å². The largest absolute Gasteiger partial charge is 0.361 e. The van der Waals surface area contributed by atoms with Gasteiger partial charge in [-0.1, -0.05) is 12.1 Å². The summed E-state index contributed by atoms with van der Waals surface area (Å²) in [6.07, 6.45) is 5.97. The predicted molar refractivity (Wildman–Crippen MR) is 52.2 cm³/mol. The normalized spacial score (nSPS) is 11.8. The SMILES string of the molecule is CC/C=N\C=N/Cc1cnoc1C. The molecule has 0 atom stereocenters. The third-order valence-electron chi connectivity index (χ3n) is 1.55. The number of aromatic nitrogens is 1. The Labute approximate surface area is 77.4 Å². The number of nitrogens with zero attached hydrogens (tertiary/aromatic N) is 3. The van der Waals surface area contributed by atoms with Gasteiger partial charge in [-0.3, -0.25) is 4.99 Å². The molecule has 0 aliphatic rings. The zero-order chi connectivity index (χ0) is 9.52. The van der Waals surface area contributed by atoms with Crippen molar-refractivity contribution in [1.29, 1.82) is 0 Å². The van der Waals surface area contributed by atoms with Crippen LogP contribution in [0.5, 0.6) is 0 Å². The molecule has 4 nitrogen and oxygen atoms in total. The van der Waals surface area contributed by atoms with Gasteiger partial charge in [0.25, 0.3) is 0 Å². The zero-order valence-electron chi connectivity index (χ0n) is 7.90. The number of aliphatic imine (C=N–C) groups is 2. The average molecular weight is 179 g/mol. The Hall–Kier alpha value is -1.45. The quantitative estimate of drug-likeness (QED) is 0.524. The van der Waals surface area contributed by atoms with Gasteiger partial charge in [-0.05, 0) is 13.3 Å². The van der Waals surface area contributed by atoms with Gasteiger partial charge in [-0.15, -0.1) is 0 Å². The van der Waals surface area contributed by atoms with Crippen molar-refractivity contribution in [3.8, 4) is 0 Å². The monoisotopic (exact) mass is 179 g/mol. The molecule has 70 valence electrons. The fraction of sp³-hybridized carbons (Fsp3) is 0.444. The third-order valence-corrected chi connectivity index (χ3v) is 1.55. The molecule has 0 fully saturated rings. The topological polar surface area (TPSA) is 50.8 Å². The fourth-order valence-electron chi connectivity index (χ4n) is 0.810. The lowest BCUT2D eigenvalue weighted by Gasteiger charge is -1.87. The van der Waals surface area contributed by atoms with Gasteiger partial charge in [0.05, 0.1) is 12.7 Å². The minimum atomic E-state index is 0.580. The van der Waals surface area contributed by atoms with Crippen LogP contribution in [0.25, 0.3) is 0 Å². The second-order valence-corrected chi connectivity index (χ2v) is 2.60. The summed E-state index contributed by atoms with van der Waals surface area (Å²) < 4.78 is 4.88. The zero-order valence-corrected chi connectivity index (χ0v) is 7.90. The Morgan fingerprint density at radius 2 is 2.46 bits per heavy atom. The van der Waals surface area contributed by atoms with Gasteiger partial charge >= 0.3 is 0 Å². The summed E-state index contributed by atoms with van der Waals surface area (Å²) in [4.78, 5) is 8.04. The van der Waals surface area contributed by atoms with E-state index in [0.717, 1.165) is 17.7 Å². The summed E-state index contributed by atoms with van der Waals surface area (Å²) in [5.41, 5.74) is 1.00. The lowest BCUT2D eigenvalue weighted by Crippen LogP contribution is -1.81. The summed E-state index contributed by atoms with van der Waals surface area (Å²) >= 11 is 0. The molecule has 1 aromatic heterocycles. The second kappa shape index (κ2) is 5.24. The van der Waals surface area contributed by atoms with Crippen LogP contribution in [-0.2, 0) is 6.54 Å². The first-order valence-electron chi connectivity index (χ1n) is 4.24. The smallest absolute Gasteiger partial charge is 0.138 e. The third kappa shape index (κ3) is 3.19. The molecule has 0 bridgehead atoms. The van der Waals surface area contributed by atoms with Crippen LogP contribution in [0.15, 0.2) is 20.7 Å². The van der Waals surface area contributed by atoms with Crippen molar-refractivity contribution in [2.24, 2.45) is 9.98 Å². The highest BCUT2D eigenvalue weighted by molar-refractivity contribution is 5.71. The van der Waals surface area contributed by atoms with Gasteiger partial charge in [-0.25, -0.2) is 4.99 Å². The van der Waals surface area contributed by atoms with Crippen molar-refractivity contribution in [1.82, 2.24) is 5.16 Å². The van der Waals surface area contributed by atoms with Gasteiger partial charge in [0, 0.05) is 11.8 Å². The van der Waals surface area contributed by atoms with E-state index in [-0.39, 0.29) is 0 Å². The number of hydrogen-bond acceptors (Lipinski definition) is 3. The van der Waals surface area contributed by atoms with Crippen molar-refractivity contribution in [3.63, 3.8) is 0 Å². The molecule has 0 aliphatic heterocycles. The van der Waals surface area contributed by atoms with E-state index in [0.29, 0.717) is 6.54 Å². The second-order valence-electron chi connectivity index (χ2n) is 2.60. The Balaban J connectivity index is 2.39. The molecule has 0 saturated heterocycles. The maximum absolute atomic E-state index is 4.88. The number of rotatable bonds is 4. The van der Waals surface area contributed by atoms with Crippen LogP contribution in [0.2, 0.25) is 0 Å². The van der Waals surface area contributed by atoms with E-state index >= 15 is 0 Å². The first kappa shape index (κ1) is 9.64. The molecule has 0 radical (unpaired) electrons. The van der Waals surface area contributed by atoms with Crippen molar-refractivity contribution in [2.45, 2.75) is 26.8 Å². The maximum atomic E-state index is 4.88. The molecule has 4 heteroatoms. The molecular formula is C9H13N3O. The molecule has 0 aromatic carbocycles. The van der Waals surface area contributed by atoms with Crippen LogP contribution in [0.1, 0.15) is 24.7 Å². The van der Waals surface area contributed by atoms with Crippen molar-refractivity contribution < 1.29 is 4.52 Å². The molecular weight excluding hydrogens is 166 g/mol. The minimum Gasteiger partial charge on any atom is -0.361 e. The summed E-state index contributed by atoms with van der Waals surface area (Å²) in [6, 6.07) is 0. The van der Waals surface area contributed by atoms with Crippen LogP contribution in [0.3, 0.4) is 0 Å². The van der Waals surface area contributed by atoms with Crippen LogP contribution >= 0.6 is 0 Å². The molecule has 0 N–H and O–H groups in total. The molecule has 1 aromatic rings. The van der Waals surface area contributed by atoms with Crippen LogP contribution in [-0.4, -0.2) is 17.7 Å². The molecule has 0 unspecified atom stereocenters. The lowest BCUT2D eigenvalue weighted by molar-refractivity contribution is 0.396. The molecule has 0 spiro atoms. The Bertz CT molecular complexity index is 302. The number of hydrogen-bond donors (Lipinski definition) is 0. The summed E-state index contributed by atoms with van der Waals surface area (Å²) in [5, 5.41) is 3.65. The lowest BCUT2D eigenvalue weighted by atomic mass is 10.3. The summed E-state index contributed by atoms with van der Waals surface area (Å²) in [5.74, 6) is 0.816. The van der Waals surface area contributed by atoms with Gasteiger partial charge in [-0.2, -0.15) is 0 Å². The van der Waals surface area contributed by atoms with Gasteiger partial charge in [0.2, 0.25) is 0 Å². The van der Waals surface area contributed by atoms with E-state index in [1.165, 1.54) is 0 Å². The fourth-order valence-corrected chi connectivity index (χ4v) is 0.810. The Morgan fingerprint density at radius 1 is 1.62 bits per heavy atom. The van der Waals surface area contributed by atoms with E-state index in [9.17, 15) is 0 Å². The van der Waals surface area contributed by atoms with Crippen molar-refractivity contribution in [3.05, 3.63) is 17.5 Å².